The van der Waals surface area contributed by atoms with Crippen LogP contribution in [-0.2, 0) is 17.3 Å². The van der Waals surface area contributed by atoms with Crippen LogP contribution in [0.25, 0.3) is 54.9 Å². The first kappa shape index (κ1) is 36.7. The molecule has 0 amide bonds. The maximum Gasteiger partial charge on any atom is 0.174 e. The lowest BCUT2D eigenvalue weighted by atomic mass is 9.86. The SMILES string of the molecule is CC(C)(C)c1ccc(N(c2ccc(-c3c4ccccc4c4c5c(cccc35)-c3ccc(CC5C(=O)c6ccccc6C5=O)cc3-4)cc2)c2ccc(C(C)(C)C)cc2)cc1. The molecule has 3 nitrogen and oxygen atoms in total. The van der Waals surface area contributed by atoms with Crippen LogP contribution >= 0.6 is 0 Å². The summed E-state index contributed by atoms with van der Waals surface area (Å²) in [6, 6.07) is 56.2. The Morgan fingerprint density at radius 1 is 0.441 bits per heavy atom. The zero-order valence-electron chi connectivity index (χ0n) is 34.6. The van der Waals surface area contributed by atoms with E-state index in [1.807, 2.05) is 12.1 Å². The summed E-state index contributed by atoms with van der Waals surface area (Å²) in [5.74, 6) is -0.826. The first-order valence-electron chi connectivity index (χ1n) is 20.8. The number of ketones is 2. The Labute approximate surface area is 347 Å². The summed E-state index contributed by atoms with van der Waals surface area (Å²) >= 11 is 0. The first-order valence-corrected chi connectivity index (χ1v) is 20.8. The molecule has 288 valence electrons. The monoisotopic (exact) mass is 765 g/mol. The summed E-state index contributed by atoms with van der Waals surface area (Å²) in [7, 11) is 0. The lowest BCUT2D eigenvalue weighted by molar-refractivity contribution is 0.0838. The highest BCUT2D eigenvalue weighted by molar-refractivity contribution is 6.29. The number of benzene rings is 8. The molecule has 0 heterocycles. The van der Waals surface area contributed by atoms with E-state index in [0.717, 1.165) is 33.8 Å². The van der Waals surface area contributed by atoms with Crippen LogP contribution in [0, 0.1) is 5.92 Å². The van der Waals surface area contributed by atoms with Crippen LogP contribution in [-0.4, -0.2) is 11.6 Å². The van der Waals surface area contributed by atoms with E-state index in [4.69, 9.17) is 0 Å². The Morgan fingerprint density at radius 3 is 1.46 bits per heavy atom. The lowest BCUT2D eigenvalue weighted by Crippen LogP contribution is -2.18. The van der Waals surface area contributed by atoms with Crippen LogP contribution in [0.3, 0.4) is 0 Å². The van der Waals surface area contributed by atoms with Crippen molar-refractivity contribution in [3.05, 3.63) is 186 Å². The highest BCUT2D eigenvalue weighted by Gasteiger charge is 2.38. The van der Waals surface area contributed by atoms with Gasteiger partial charge in [0.1, 0.15) is 0 Å². The van der Waals surface area contributed by atoms with Gasteiger partial charge in [0, 0.05) is 28.2 Å². The smallest absolute Gasteiger partial charge is 0.174 e. The summed E-state index contributed by atoms with van der Waals surface area (Å²) in [4.78, 5) is 29.1. The third kappa shape index (κ3) is 6.02. The maximum atomic E-state index is 13.4. The van der Waals surface area contributed by atoms with E-state index in [2.05, 4.69) is 180 Å². The molecule has 59 heavy (non-hydrogen) atoms. The molecule has 2 aliphatic carbocycles. The van der Waals surface area contributed by atoms with Gasteiger partial charge in [0.05, 0.1) is 5.92 Å². The third-order valence-corrected chi connectivity index (χ3v) is 12.6. The molecule has 0 aromatic heterocycles. The van der Waals surface area contributed by atoms with Gasteiger partial charge in [-0.1, -0.05) is 163 Å². The Hall–Kier alpha value is -6.58. The number of anilines is 3. The summed E-state index contributed by atoms with van der Waals surface area (Å²) < 4.78 is 0. The number of hydrogen-bond donors (Lipinski definition) is 0. The highest BCUT2D eigenvalue weighted by atomic mass is 16.2. The fourth-order valence-corrected chi connectivity index (χ4v) is 9.48. The molecule has 0 fully saturated rings. The molecular formula is C56H47NO2. The topological polar surface area (TPSA) is 37.4 Å². The van der Waals surface area contributed by atoms with Crippen LogP contribution in [0.15, 0.2) is 158 Å². The predicted octanol–water partition coefficient (Wildman–Crippen LogP) is 14.6. The minimum absolute atomic E-state index is 0.0645. The second-order valence-corrected chi connectivity index (χ2v) is 18.4. The summed E-state index contributed by atoms with van der Waals surface area (Å²) in [6.45, 7) is 13.5. The summed E-state index contributed by atoms with van der Waals surface area (Å²) in [5, 5.41) is 4.85. The van der Waals surface area contributed by atoms with E-state index < -0.39 is 5.92 Å². The van der Waals surface area contributed by atoms with E-state index in [1.165, 1.54) is 54.9 Å². The second-order valence-electron chi connectivity index (χ2n) is 18.4. The fraction of sp³-hybridized carbons (Fsp3) is 0.179. The minimum Gasteiger partial charge on any atom is -0.311 e. The number of carbonyl (C=O) groups excluding carboxylic acids is 2. The Bertz CT molecular complexity index is 2900. The van der Waals surface area contributed by atoms with Gasteiger partial charge in [0.25, 0.3) is 0 Å². The first-order chi connectivity index (χ1) is 28.4. The molecule has 0 saturated heterocycles. The van der Waals surface area contributed by atoms with Crippen molar-refractivity contribution in [2.24, 2.45) is 5.92 Å². The van der Waals surface area contributed by atoms with Crippen molar-refractivity contribution in [1.82, 2.24) is 0 Å². The predicted molar refractivity (Wildman–Crippen MR) is 246 cm³/mol. The van der Waals surface area contributed by atoms with E-state index in [0.29, 0.717) is 17.5 Å². The Balaban J connectivity index is 1.07. The largest absolute Gasteiger partial charge is 0.311 e. The average Bonchev–Trinajstić information content (AvgIpc) is 3.69. The van der Waals surface area contributed by atoms with E-state index in [1.54, 1.807) is 12.1 Å². The molecule has 0 bridgehead atoms. The Kier molecular flexibility index (Phi) is 8.40. The van der Waals surface area contributed by atoms with Gasteiger partial charge in [-0.05, 0) is 125 Å². The van der Waals surface area contributed by atoms with Crippen molar-refractivity contribution in [3.8, 4) is 33.4 Å². The number of Topliss-reactive ketones (excluding diaryl/α,β-unsaturated/α-hetero) is 2. The molecule has 0 unspecified atom stereocenters. The zero-order valence-corrected chi connectivity index (χ0v) is 34.6. The van der Waals surface area contributed by atoms with Crippen LogP contribution in [0.2, 0.25) is 0 Å². The molecule has 8 aromatic rings. The van der Waals surface area contributed by atoms with E-state index in [-0.39, 0.29) is 22.4 Å². The number of fused-ring (bicyclic) bond motifs is 6. The quantitative estimate of drug-likeness (QED) is 0.125. The maximum absolute atomic E-state index is 13.4. The summed E-state index contributed by atoms with van der Waals surface area (Å²) in [6.07, 6.45) is 0.389. The molecule has 0 aliphatic heterocycles. The fourth-order valence-electron chi connectivity index (χ4n) is 9.48. The van der Waals surface area contributed by atoms with Crippen molar-refractivity contribution in [2.45, 2.75) is 58.8 Å². The lowest BCUT2D eigenvalue weighted by Gasteiger charge is -2.28. The van der Waals surface area contributed by atoms with Crippen molar-refractivity contribution in [1.29, 1.82) is 0 Å². The van der Waals surface area contributed by atoms with Crippen LogP contribution < -0.4 is 4.90 Å². The van der Waals surface area contributed by atoms with Crippen LogP contribution in [0.5, 0.6) is 0 Å². The molecule has 0 saturated carbocycles. The standard InChI is InChI=1S/C56H47NO2/c1-55(2,3)36-21-27-39(28-22-36)57(40-29-23-37(24-30-40)56(4,5)6)38-25-19-35(20-26-38)50-43-12-7-8-13-44(43)52-48-32-34(18-31-41(48)42-16-11-17-47(50)51(42)52)33-49-53(58)45-14-9-10-15-46(45)54(49)59/h7-32,49H,33H2,1-6H3. The van der Waals surface area contributed by atoms with E-state index >= 15 is 0 Å². The van der Waals surface area contributed by atoms with Gasteiger partial charge < -0.3 is 4.90 Å². The highest BCUT2D eigenvalue weighted by Crippen LogP contribution is 2.54. The van der Waals surface area contributed by atoms with E-state index in [9.17, 15) is 9.59 Å². The minimum atomic E-state index is -0.682. The van der Waals surface area contributed by atoms with Crippen molar-refractivity contribution >= 4 is 50.2 Å². The molecule has 0 radical (unpaired) electrons. The zero-order chi connectivity index (χ0) is 40.8. The van der Waals surface area contributed by atoms with Crippen LogP contribution in [0.1, 0.15) is 78.9 Å². The number of rotatable bonds is 6. The van der Waals surface area contributed by atoms with Gasteiger partial charge >= 0.3 is 0 Å². The molecular weight excluding hydrogens is 719 g/mol. The molecule has 2 aliphatic rings. The van der Waals surface area contributed by atoms with Crippen molar-refractivity contribution in [2.75, 3.05) is 4.90 Å². The molecule has 0 N–H and O–H groups in total. The molecule has 10 rings (SSSR count). The van der Waals surface area contributed by atoms with Gasteiger partial charge in [-0.2, -0.15) is 0 Å². The van der Waals surface area contributed by atoms with Gasteiger partial charge in [-0.25, -0.2) is 0 Å². The second kappa shape index (κ2) is 13.5. The van der Waals surface area contributed by atoms with Gasteiger partial charge in [-0.15, -0.1) is 0 Å². The normalized spacial score (nSPS) is 13.7. The molecule has 0 spiro atoms. The van der Waals surface area contributed by atoms with Crippen LogP contribution in [0.4, 0.5) is 17.1 Å². The summed E-state index contributed by atoms with van der Waals surface area (Å²) in [5.41, 5.74) is 15.3. The number of nitrogens with zero attached hydrogens (tertiary/aromatic N) is 1. The number of hydrogen-bond acceptors (Lipinski definition) is 3. The van der Waals surface area contributed by atoms with Crippen molar-refractivity contribution < 1.29 is 9.59 Å². The third-order valence-electron chi connectivity index (χ3n) is 12.6. The Morgan fingerprint density at radius 2 is 0.915 bits per heavy atom. The van der Waals surface area contributed by atoms with Gasteiger partial charge in [0.15, 0.2) is 11.6 Å². The average molecular weight is 766 g/mol. The molecule has 0 atom stereocenters. The van der Waals surface area contributed by atoms with Gasteiger partial charge in [-0.3, -0.25) is 9.59 Å². The molecule has 3 heteroatoms. The number of carbonyl (C=O) groups is 2. The van der Waals surface area contributed by atoms with Crippen molar-refractivity contribution in [3.63, 3.8) is 0 Å². The van der Waals surface area contributed by atoms with Gasteiger partial charge in [0.2, 0.25) is 0 Å². The molecule has 8 aromatic carbocycles.